The van der Waals surface area contributed by atoms with Crippen LogP contribution in [0.25, 0.3) is 5.76 Å². The Hall–Kier alpha value is -3.52. The number of nitrogens with one attached hydrogen (secondary N) is 1. The van der Waals surface area contributed by atoms with Gasteiger partial charge in [0.15, 0.2) is 0 Å². The lowest BCUT2D eigenvalue weighted by molar-refractivity contribution is -0.857. The number of likely N-dealkylation sites (tertiary alicyclic amines) is 1. The average Bonchev–Trinajstić information content (AvgIpc) is 2.97. The standard InChI is InChI=1S/C21H21N3O5/c1-22(2)11-12-23-18(15-9-6-10-16(13-15)24(28)29)17(20(26)21(23)27)19(25)14-7-4-3-5-8-14/h3-10,13,18,25H,11-12H2,1-2H3/p+1/t18-/m1/s1. The van der Waals surface area contributed by atoms with E-state index in [1.807, 2.05) is 14.1 Å². The number of ketones is 1. The van der Waals surface area contributed by atoms with Crippen molar-refractivity contribution in [2.75, 3.05) is 27.2 Å². The third-order valence-electron chi connectivity index (χ3n) is 4.84. The second-order valence-corrected chi connectivity index (χ2v) is 7.17. The number of aliphatic hydroxyl groups excluding tert-OH is 1. The summed E-state index contributed by atoms with van der Waals surface area (Å²) in [5.74, 6) is -1.81. The largest absolute Gasteiger partial charge is 0.507 e. The number of likely N-dealkylation sites (N-methyl/N-ethyl adjacent to an activating group) is 1. The van der Waals surface area contributed by atoms with Crippen molar-refractivity contribution in [2.45, 2.75) is 6.04 Å². The Morgan fingerprint density at radius 3 is 2.45 bits per heavy atom. The molecule has 8 nitrogen and oxygen atoms in total. The number of rotatable bonds is 6. The van der Waals surface area contributed by atoms with Gasteiger partial charge in [0.05, 0.1) is 43.7 Å². The third kappa shape index (κ3) is 4.02. The van der Waals surface area contributed by atoms with E-state index in [0.29, 0.717) is 17.7 Å². The fourth-order valence-electron chi connectivity index (χ4n) is 3.36. The summed E-state index contributed by atoms with van der Waals surface area (Å²) < 4.78 is 0. The second-order valence-electron chi connectivity index (χ2n) is 7.17. The Bertz CT molecular complexity index is 985. The maximum absolute atomic E-state index is 12.8. The van der Waals surface area contributed by atoms with Gasteiger partial charge in [0, 0.05) is 17.7 Å². The van der Waals surface area contributed by atoms with Crippen LogP contribution in [0.4, 0.5) is 5.69 Å². The molecule has 29 heavy (non-hydrogen) atoms. The topological polar surface area (TPSA) is 105 Å². The van der Waals surface area contributed by atoms with Crippen LogP contribution in [0.1, 0.15) is 17.2 Å². The van der Waals surface area contributed by atoms with Gasteiger partial charge >= 0.3 is 0 Å². The van der Waals surface area contributed by atoms with Crippen molar-refractivity contribution < 1.29 is 24.5 Å². The number of Topliss-reactive ketones (excluding diaryl/α,β-unsaturated/α-hetero) is 1. The molecule has 1 saturated heterocycles. The molecule has 0 radical (unpaired) electrons. The number of nitrogens with zero attached hydrogens (tertiary/aromatic N) is 2. The summed E-state index contributed by atoms with van der Waals surface area (Å²) >= 11 is 0. The highest BCUT2D eigenvalue weighted by molar-refractivity contribution is 6.46. The minimum Gasteiger partial charge on any atom is -0.507 e. The molecule has 150 valence electrons. The van der Waals surface area contributed by atoms with Gasteiger partial charge in [-0.1, -0.05) is 42.5 Å². The Balaban J connectivity index is 2.17. The molecule has 2 N–H and O–H groups in total. The fourth-order valence-corrected chi connectivity index (χ4v) is 3.36. The summed E-state index contributed by atoms with van der Waals surface area (Å²) in [6, 6.07) is 13.4. The number of nitro benzene ring substituents is 1. The molecular weight excluding hydrogens is 374 g/mol. The van der Waals surface area contributed by atoms with E-state index in [4.69, 9.17) is 0 Å². The highest BCUT2D eigenvalue weighted by atomic mass is 16.6. The molecule has 3 rings (SSSR count). The molecule has 0 saturated carbocycles. The van der Waals surface area contributed by atoms with Crippen molar-refractivity contribution in [1.29, 1.82) is 0 Å². The Labute approximate surface area is 167 Å². The van der Waals surface area contributed by atoms with E-state index in [2.05, 4.69) is 0 Å². The predicted molar refractivity (Wildman–Crippen MR) is 106 cm³/mol. The predicted octanol–water partition coefficient (Wildman–Crippen LogP) is 1.16. The summed E-state index contributed by atoms with van der Waals surface area (Å²) in [6.07, 6.45) is 0. The molecule has 2 aromatic rings. The number of hydrogen-bond acceptors (Lipinski definition) is 5. The summed E-state index contributed by atoms with van der Waals surface area (Å²) in [6.45, 7) is 0.843. The van der Waals surface area contributed by atoms with Crippen molar-refractivity contribution in [3.8, 4) is 0 Å². The molecule has 0 aliphatic carbocycles. The lowest BCUT2D eigenvalue weighted by Gasteiger charge is -2.25. The zero-order valence-electron chi connectivity index (χ0n) is 16.2. The fraction of sp³-hybridized carbons (Fsp3) is 0.238. The van der Waals surface area contributed by atoms with Gasteiger partial charge in [0.25, 0.3) is 17.4 Å². The van der Waals surface area contributed by atoms with Crippen LogP contribution >= 0.6 is 0 Å². The lowest BCUT2D eigenvalue weighted by Crippen LogP contribution is -3.06. The van der Waals surface area contributed by atoms with Crippen LogP contribution in [0, 0.1) is 10.1 Å². The highest BCUT2D eigenvalue weighted by Crippen LogP contribution is 2.39. The van der Waals surface area contributed by atoms with Gasteiger partial charge < -0.3 is 14.9 Å². The molecule has 0 bridgehead atoms. The van der Waals surface area contributed by atoms with Gasteiger partial charge in [-0.25, -0.2) is 0 Å². The molecule has 1 amide bonds. The smallest absolute Gasteiger partial charge is 0.295 e. The monoisotopic (exact) mass is 396 g/mol. The normalized spacial score (nSPS) is 18.4. The molecule has 1 aliphatic heterocycles. The molecule has 1 aliphatic rings. The van der Waals surface area contributed by atoms with Crippen LogP contribution in [0.2, 0.25) is 0 Å². The van der Waals surface area contributed by atoms with Crippen molar-refractivity contribution in [3.63, 3.8) is 0 Å². The molecule has 0 aromatic heterocycles. The molecule has 1 fully saturated rings. The maximum Gasteiger partial charge on any atom is 0.295 e. The van der Waals surface area contributed by atoms with Crippen molar-refractivity contribution >= 4 is 23.1 Å². The molecular formula is C21H22N3O5+. The van der Waals surface area contributed by atoms with E-state index < -0.39 is 22.7 Å². The number of aliphatic hydroxyl groups is 1. The number of nitro groups is 1. The summed E-state index contributed by atoms with van der Waals surface area (Å²) in [5, 5.41) is 22.1. The van der Waals surface area contributed by atoms with E-state index in [1.165, 1.54) is 23.1 Å². The summed E-state index contributed by atoms with van der Waals surface area (Å²) in [4.78, 5) is 38.7. The number of benzene rings is 2. The zero-order valence-corrected chi connectivity index (χ0v) is 16.2. The average molecular weight is 396 g/mol. The lowest BCUT2D eigenvalue weighted by atomic mass is 9.95. The summed E-state index contributed by atoms with van der Waals surface area (Å²) in [7, 11) is 3.84. The van der Waals surface area contributed by atoms with Crippen molar-refractivity contribution in [1.82, 2.24) is 4.90 Å². The highest BCUT2D eigenvalue weighted by Gasteiger charge is 2.46. The minimum absolute atomic E-state index is 0.0598. The van der Waals surface area contributed by atoms with Gasteiger partial charge in [-0.3, -0.25) is 19.7 Å². The van der Waals surface area contributed by atoms with Crippen LogP contribution in [-0.4, -0.2) is 53.8 Å². The van der Waals surface area contributed by atoms with E-state index >= 15 is 0 Å². The Morgan fingerprint density at radius 1 is 1.14 bits per heavy atom. The number of carbonyl (C=O) groups is 2. The summed E-state index contributed by atoms with van der Waals surface area (Å²) in [5.41, 5.74) is 0.602. The molecule has 0 unspecified atom stereocenters. The van der Waals surface area contributed by atoms with Gasteiger partial charge in [0.1, 0.15) is 5.76 Å². The second kappa shape index (κ2) is 8.24. The van der Waals surface area contributed by atoms with Crippen LogP contribution in [-0.2, 0) is 9.59 Å². The van der Waals surface area contributed by atoms with E-state index in [9.17, 15) is 24.8 Å². The van der Waals surface area contributed by atoms with Gasteiger partial charge in [-0.05, 0) is 5.56 Å². The van der Waals surface area contributed by atoms with Crippen LogP contribution < -0.4 is 4.90 Å². The SMILES string of the molecule is C[NH+](C)CCN1C(=O)C(=O)C(=C(O)c2ccccc2)[C@H]1c1cccc([N+](=O)[O-])c1. The molecule has 8 heteroatoms. The minimum atomic E-state index is -0.894. The van der Waals surface area contributed by atoms with Crippen LogP contribution in [0.3, 0.4) is 0 Å². The Kier molecular flexibility index (Phi) is 5.74. The first kappa shape index (κ1) is 20.2. The zero-order chi connectivity index (χ0) is 21.1. The molecule has 2 aromatic carbocycles. The number of non-ortho nitro benzene ring substituents is 1. The van der Waals surface area contributed by atoms with Crippen molar-refractivity contribution in [3.05, 3.63) is 81.4 Å². The molecule has 1 heterocycles. The van der Waals surface area contributed by atoms with Crippen LogP contribution in [0.15, 0.2) is 60.2 Å². The first-order chi connectivity index (χ1) is 13.8. The van der Waals surface area contributed by atoms with E-state index in [-0.39, 0.29) is 23.6 Å². The number of carbonyl (C=O) groups excluding carboxylic acids is 2. The van der Waals surface area contributed by atoms with Crippen LogP contribution in [0.5, 0.6) is 0 Å². The molecule has 1 atom stereocenters. The van der Waals surface area contributed by atoms with Crippen molar-refractivity contribution in [2.24, 2.45) is 0 Å². The Morgan fingerprint density at radius 2 is 1.83 bits per heavy atom. The number of hydrogen-bond donors (Lipinski definition) is 2. The first-order valence-corrected chi connectivity index (χ1v) is 9.18. The number of quaternary nitrogens is 1. The third-order valence-corrected chi connectivity index (χ3v) is 4.84. The first-order valence-electron chi connectivity index (χ1n) is 9.18. The van der Waals surface area contributed by atoms with E-state index in [0.717, 1.165) is 4.90 Å². The maximum atomic E-state index is 12.8. The van der Waals surface area contributed by atoms with Gasteiger partial charge in [0.2, 0.25) is 0 Å². The number of amides is 1. The van der Waals surface area contributed by atoms with Gasteiger partial charge in [-0.2, -0.15) is 0 Å². The quantitative estimate of drug-likeness (QED) is 0.251. The van der Waals surface area contributed by atoms with Gasteiger partial charge in [-0.15, -0.1) is 0 Å². The van der Waals surface area contributed by atoms with E-state index in [1.54, 1.807) is 36.4 Å². The molecule has 0 spiro atoms.